The number of anilines is 1. The van der Waals surface area contributed by atoms with Crippen molar-refractivity contribution in [1.29, 1.82) is 0 Å². The van der Waals surface area contributed by atoms with Crippen LogP contribution in [-0.2, 0) is 0 Å². The molecule has 0 bridgehead atoms. The second kappa shape index (κ2) is 9.41. The minimum absolute atomic E-state index is 0. The molecule has 0 spiro atoms. The van der Waals surface area contributed by atoms with Crippen LogP contribution in [0.4, 0.5) is 5.69 Å². The van der Waals surface area contributed by atoms with Crippen LogP contribution in [-0.4, -0.2) is 16.8 Å². The molecule has 9 heteroatoms. The minimum Gasteiger partial charge on any atom is -0.439 e. The highest BCUT2D eigenvalue weighted by Crippen LogP contribution is 2.24. The minimum atomic E-state index is -0.512. The van der Waals surface area contributed by atoms with Gasteiger partial charge in [-0.1, -0.05) is 23.2 Å². The zero-order valence-corrected chi connectivity index (χ0v) is 16.5. The second-order valence-corrected chi connectivity index (χ2v) is 6.27. The summed E-state index contributed by atoms with van der Waals surface area (Å²) < 4.78 is 5.58. The van der Waals surface area contributed by atoms with Gasteiger partial charge in [-0.05, 0) is 48.5 Å². The van der Waals surface area contributed by atoms with Crippen LogP contribution in [0, 0.1) is 0 Å². The number of nitrogens with zero attached hydrogens (tertiary/aromatic N) is 1. The summed E-state index contributed by atoms with van der Waals surface area (Å²) in [6.07, 6.45) is 1.46. The summed E-state index contributed by atoms with van der Waals surface area (Å²) in [4.78, 5) is 27.4. The van der Waals surface area contributed by atoms with Gasteiger partial charge in [-0.25, -0.2) is 4.98 Å². The highest BCUT2D eigenvalue weighted by Gasteiger charge is 2.09. The molecule has 0 unspecified atom stereocenters. The number of ether oxygens (including phenoxy) is 1. The molecular formula is C19H14Cl3N3O3. The van der Waals surface area contributed by atoms with E-state index in [1.54, 1.807) is 48.5 Å². The average molecular weight is 439 g/mol. The molecule has 6 nitrogen and oxygen atoms in total. The maximum atomic E-state index is 12.2. The van der Waals surface area contributed by atoms with Crippen molar-refractivity contribution in [1.82, 2.24) is 4.98 Å². The van der Waals surface area contributed by atoms with Gasteiger partial charge in [-0.2, -0.15) is 0 Å². The quantitative estimate of drug-likeness (QED) is 0.589. The molecule has 0 saturated heterocycles. The predicted octanol–water partition coefficient (Wildman–Crippen LogP) is 4.95. The number of amides is 2. The van der Waals surface area contributed by atoms with E-state index in [0.717, 1.165) is 0 Å². The summed E-state index contributed by atoms with van der Waals surface area (Å²) >= 11 is 11.8. The number of primary amides is 1. The molecule has 0 atom stereocenters. The Morgan fingerprint density at radius 1 is 0.929 bits per heavy atom. The molecule has 3 N–H and O–H groups in total. The summed E-state index contributed by atoms with van der Waals surface area (Å²) in [6.45, 7) is 0. The van der Waals surface area contributed by atoms with Gasteiger partial charge in [-0.15, -0.1) is 12.4 Å². The van der Waals surface area contributed by atoms with Crippen molar-refractivity contribution in [3.05, 3.63) is 82.0 Å². The molecule has 0 aliphatic carbocycles. The maximum absolute atomic E-state index is 12.2. The molecule has 2 amide bonds. The lowest BCUT2D eigenvalue weighted by atomic mass is 10.2. The third kappa shape index (κ3) is 5.36. The summed E-state index contributed by atoms with van der Waals surface area (Å²) in [5, 5.41) is 3.38. The van der Waals surface area contributed by atoms with Crippen LogP contribution in [0.2, 0.25) is 10.0 Å². The van der Waals surface area contributed by atoms with E-state index in [4.69, 9.17) is 33.7 Å². The van der Waals surface area contributed by atoms with Gasteiger partial charge in [0.2, 0.25) is 11.8 Å². The lowest BCUT2D eigenvalue weighted by molar-refractivity contribution is 0.0997. The van der Waals surface area contributed by atoms with Crippen molar-refractivity contribution < 1.29 is 14.3 Å². The first-order valence-corrected chi connectivity index (χ1v) is 8.48. The number of nitrogens with one attached hydrogen (secondary N) is 1. The Labute approximate surface area is 177 Å². The van der Waals surface area contributed by atoms with E-state index in [9.17, 15) is 9.59 Å². The van der Waals surface area contributed by atoms with E-state index in [2.05, 4.69) is 10.3 Å². The van der Waals surface area contributed by atoms with Crippen molar-refractivity contribution in [3.8, 4) is 11.6 Å². The largest absolute Gasteiger partial charge is 0.439 e. The summed E-state index contributed by atoms with van der Waals surface area (Å²) in [6, 6.07) is 14.2. The van der Waals surface area contributed by atoms with Crippen LogP contribution in [0.3, 0.4) is 0 Å². The van der Waals surface area contributed by atoms with Gasteiger partial charge in [0.1, 0.15) is 5.75 Å². The third-order valence-corrected chi connectivity index (χ3v) is 4.28. The van der Waals surface area contributed by atoms with Gasteiger partial charge in [0.25, 0.3) is 5.91 Å². The number of nitrogens with two attached hydrogens (primary N) is 1. The highest BCUT2D eigenvalue weighted by atomic mass is 35.5. The Morgan fingerprint density at radius 3 is 2.18 bits per heavy atom. The van der Waals surface area contributed by atoms with E-state index in [-0.39, 0.29) is 18.3 Å². The van der Waals surface area contributed by atoms with Gasteiger partial charge < -0.3 is 15.8 Å². The molecule has 1 heterocycles. The van der Waals surface area contributed by atoms with E-state index < -0.39 is 5.91 Å². The van der Waals surface area contributed by atoms with Gasteiger partial charge in [0.15, 0.2) is 0 Å². The smallest absolute Gasteiger partial charge is 0.255 e. The SMILES string of the molecule is Cl.NC(=O)c1ccc(Oc2ccc(NC(=O)c3ccc(Cl)c(Cl)c3)cn2)cc1. The Morgan fingerprint density at radius 2 is 1.61 bits per heavy atom. The molecule has 3 aromatic rings. The number of halogens is 3. The fraction of sp³-hybridized carbons (Fsp3) is 0. The molecule has 0 radical (unpaired) electrons. The average Bonchev–Trinajstić information content (AvgIpc) is 2.66. The fourth-order valence-corrected chi connectivity index (χ4v) is 2.46. The summed E-state index contributed by atoms with van der Waals surface area (Å²) in [5.41, 5.74) is 6.44. The first-order chi connectivity index (χ1) is 12.9. The lowest BCUT2D eigenvalue weighted by Gasteiger charge is -2.08. The van der Waals surface area contributed by atoms with E-state index >= 15 is 0 Å². The Balaban J connectivity index is 0.00000280. The molecule has 0 aliphatic heterocycles. The Bertz CT molecular complexity index is 994. The number of hydrogen-bond donors (Lipinski definition) is 2. The van der Waals surface area contributed by atoms with E-state index in [1.165, 1.54) is 12.3 Å². The van der Waals surface area contributed by atoms with E-state index in [1.807, 2.05) is 0 Å². The molecule has 28 heavy (non-hydrogen) atoms. The molecule has 0 saturated carbocycles. The Kier molecular flexibility index (Phi) is 7.23. The highest BCUT2D eigenvalue weighted by molar-refractivity contribution is 6.42. The van der Waals surface area contributed by atoms with Crippen LogP contribution < -0.4 is 15.8 Å². The van der Waals surface area contributed by atoms with Gasteiger partial charge >= 0.3 is 0 Å². The van der Waals surface area contributed by atoms with Crippen molar-refractivity contribution in [2.75, 3.05) is 5.32 Å². The van der Waals surface area contributed by atoms with Crippen LogP contribution in [0.15, 0.2) is 60.8 Å². The van der Waals surface area contributed by atoms with Crippen molar-refractivity contribution in [3.63, 3.8) is 0 Å². The van der Waals surface area contributed by atoms with Crippen molar-refractivity contribution in [2.45, 2.75) is 0 Å². The fourth-order valence-electron chi connectivity index (χ4n) is 2.16. The van der Waals surface area contributed by atoms with Crippen LogP contribution in [0.25, 0.3) is 0 Å². The Hall–Kier alpha value is -2.80. The third-order valence-electron chi connectivity index (χ3n) is 3.54. The number of carbonyl (C=O) groups excluding carboxylic acids is 2. The zero-order chi connectivity index (χ0) is 19.4. The number of rotatable bonds is 5. The first kappa shape index (κ1) is 21.5. The van der Waals surface area contributed by atoms with Gasteiger partial charge in [0.05, 0.1) is 21.9 Å². The first-order valence-electron chi connectivity index (χ1n) is 7.72. The number of benzene rings is 2. The van der Waals surface area contributed by atoms with Crippen LogP contribution in [0.5, 0.6) is 11.6 Å². The molecule has 3 rings (SSSR count). The number of hydrogen-bond acceptors (Lipinski definition) is 4. The molecular weight excluding hydrogens is 425 g/mol. The normalized spacial score (nSPS) is 9.93. The van der Waals surface area contributed by atoms with Crippen molar-refractivity contribution >= 4 is 53.1 Å². The molecule has 144 valence electrons. The van der Waals surface area contributed by atoms with Crippen molar-refractivity contribution in [2.24, 2.45) is 5.73 Å². The number of pyridine rings is 1. The molecule has 1 aromatic heterocycles. The summed E-state index contributed by atoms with van der Waals surface area (Å²) in [7, 11) is 0. The zero-order valence-electron chi connectivity index (χ0n) is 14.2. The summed E-state index contributed by atoms with van der Waals surface area (Å²) in [5.74, 6) is -0.0257. The monoisotopic (exact) mass is 437 g/mol. The van der Waals surface area contributed by atoms with E-state index in [0.29, 0.717) is 38.5 Å². The molecule has 2 aromatic carbocycles. The lowest BCUT2D eigenvalue weighted by Crippen LogP contribution is -2.12. The molecule has 0 aliphatic rings. The number of aromatic nitrogens is 1. The second-order valence-electron chi connectivity index (χ2n) is 5.46. The number of carbonyl (C=O) groups is 2. The molecule has 0 fully saturated rings. The topological polar surface area (TPSA) is 94.3 Å². The standard InChI is InChI=1S/C19H13Cl2N3O3.ClH/c20-15-7-3-12(9-16(15)21)19(26)24-13-4-8-17(23-10-13)27-14-5-1-11(2-6-14)18(22)25;/h1-10H,(H2,22,25)(H,24,26);1H. The maximum Gasteiger partial charge on any atom is 0.255 e. The van der Waals surface area contributed by atoms with Gasteiger partial charge in [0, 0.05) is 17.2 Å². The van der Waals surface area contributed by atoms with Gasteiger partial charge in [-0.3, -0.25) is 9.59 Å². The van der Waals surface area contributed by atoms with Crippen LogP contribution >= 0.6 is 35.6 Å². The van der Waals surface area contributed by atoms with Crippen LogP contribution in [0.1, 0.15) is 20.7 Å². The predicted molar refractivity (Wildman–Crippen MR) is 111 cm³/mol.